The van der Waals surface area contributed by atoms with Crippen molar-refractivity contribution in [2.75, 3.05) is 22.6 Å². The van der Waals surface area contributed by atoms with Crippen molar-refractivity contribution in [1.29, 1.82) is 0 Å². The highest BCUT2D eigenvalue weighted by Gasteiger charge is 2.11. The topological polar surface area (TPSA) is 114 Å². The fourth-order valence-electron chi connectivity index (χ4n) is 2.23. The van der Waals surface area contributed by atoms with Gasteiger partial charge in [-0.15, -0.1) is 0 Å². The molecule has 152 valence electrons. The number of anilines is 3. The molecule has 0 unspecified atom stereocenters. The maximum absolute atomic E-state index is 11.9. The third kappa shape index (κ3) is 8.56. The van der Waals surface area contributed by atoms with Gasteiger partial charge in [-0.25, -0.2) is 0 Å². The first-order valence-corrected chi connectivity index (χ1v) is 9.49. The van der Waals surface area contributed by atoms with E-state index in [0.29, 0.717) is 17.1 Å². The Labute approximate surface area is 176 Å². The number of amides is 3. The van der Waals surface area contributed by atoms with E-state index in [9.17, 15) is 19.2 Å². The van der Waals surface area contributed by atoms with Gasteiger partial charge in [-0.3, -0.25) is 19.2 Å². The van der Waals surface area contributed by atoms with Crippen molar-refractivity contribution < 1.29 is 23.9 Å². The minimum Gasteiger partial charge on any atom is -0.456 e. The molecule has 0 aliphatic heterocycles. The third-order valence-corrected chi connectivity index (χ3v) is 4.07. The van der Waals surface area contributed by atoms with Crippen LogP contribution in [0.15, 0.2) is 53.0 Å². The molecule has 0 saturated heterocycles. The molecule has 8 nitrogen and oxygen atoms in total. The molecule has 0 fully saturated rings. The van der Waals surface area contributed by atoms with Crippen molar-refractivity contribution in [3.8, 4) is 0 Å². The normalized spacial score (nSPS) is 10.0. The Kier molecular flexibility index (Phi) is 8.35. The molecular formula is C20H20BrN3O5. The highest BCUT2D eigenvalue weighted by atomic mass is 79.9. The van der Waals surface area contributed by atoms with Crippen LogP contribution in [0.1, 0.15) is 19.8 Å². The number of hydrogen-bond donors (Lipinski definition) is 3. The van der Waals surface area contributed by atoms with Crippen LogP contribution >= 0.6 is 15.9 Å². The fourth-order valence-corrected chi connectivity index (χ4v) is 2.49. The van der Waals surface area contributed by atoms with Crippen molar-refractivity contribution in [2.45, 2.75) is 19.8 Å². The van der Waals surface area contributed by atoms with Gasteiger partial charge in [0.25, 0.3) is 5.91 Å². The van der Waals surface area contributed by atoms with Crippen LogP contribution in [0.4, 0.5) is 17.1 Å². The Morgan fingerprint density at radius 2 is 1.24 bits per heavy atom. The maximum Gasteiger partial charge on any atom is 0.306 e. The lowest BCUT2D eigenvalue weighted by molar-refractivity contribution is -0.147. The fraction of sp³-hybridized carbons (Fsp3) is 0.200. The third-order valence-electron chi connectivity index (χ3n) is 3.54. The summed E-state index contributed by atoms with van der Waals surface area (Å²) in [6, 6.07) is 13.5. The standard InChI is InChI=1S/C20H20BrN3O5/c1-13(25)22-15-6-8-17(9-7-15)23-18(26)10-11-20(28)29-12-19(27)24-16-4-2-14(21)3-5-16/h2-9H,10-12H2,1H3,(H,22,25)(H,23,26)(H,24,27). The second kappa shape index (κ2) is 11.0. The summed E-state index contributed by atoms with van der Waals surface area (Å²) in [6.07, 6.45) is -0.234. The van der Waals surface area contributed by atoms with Crippen LogP contribution < -0.4 is 16.0 Å². The molecule has 2 rings (SSSR count). The molecule has 3 N–H and O–H groups in total. The molecular weight excluding hydrogens is 442 g/mol. The maximum atomic E-state index is 11.9. The van der Waals surface area contributed by atoms with E-state index >= 15 is 0 Å². The summed E-state index contributed by atoms with van der Waals surface area (Å²) in [7, 11) is 0. The van der Waals surface area contributed by atoms with Crippen molar-refractivity contribution in [2.24, 2.45) is 0 Å². The zero-order valence-electron chi connectivity index (χ0n) is 15.7. The number of ether oxygens (including phenoxy) is 1. The first-order valence-electron chi connectivity index (χ1n) is 8.70. The molecule has 2 aromatic carbocycles. The molecule has 9 heteroatoms. The molecule has 0 aliphatic carbocycles. The monoisotopic (exact) mass is 461 g/mol. The van der Waals surface area contributed by atoms with E-state index in [2.05, 4.69) is 31.9 Å². The largest absolute Gasteiger partial charge is 0.456 e. The van der Waals surface area contributed by atoms with E-state index in [0.717, 1.165) is 4.47 Å². The van der Waals surface area contributed by atoms with Gasteiger partial charge < -0.3 is 20.7 Å². The van der Waals surface area contributed by atoms with Crippen molar-refractivity contribution in [1.82, 2.24) is 0 Å². The summed E-state index contributed by atoms with van der Waals surface area (Å²) in [5.41, 5.74) is 1.73. The summed E-state index contributed by atoms with van der Waals surface area (Å²) >= 11 is 3.29. The molecule has 0 bridgehead atoms. The van der Waals surface area contributed by atoms with E-state index in [1.807, 2.05) is 0 Å². The Bertz CT molecular complexity index is 882. The molecule has 0 aliphatic rings. The zero-order valence-corrected chi connectivity index (χ0v) is 17.2. The molecule has 0 atom stereocenters. The average Bonchev–Trinajstić information content (AvgIpc) is 2.68. The number of nitrogens with one attached hydrogen (secondary N) is 3. The van der Waals surface area contributed by atoms with Gasteiger partial charge in [0, 0.05) is 34.9 Å². The van der Waals surface area contributed by atoms with Crippen LogP contribution in [0.5, 0.6) is 0 Å². The summed E-state index contributed by atoms with van der Waals surface area (Å²) in [5, 5.41) is 7.85. The van der Waals surface area contributed by atoms with Crippen molar-refractivity contribution in [3.63, 3.8) is 0 Å². The van der Waals surface area contributed by atoms with Gasteiger partial charge in [0.05, 0.1) is 6.42 Å². The minimum atomic E-state index is -0.646. The van der Waals surface area contributed by atoms with Crippen LogP contribution in [0.2, 0.25) is 0 Å². The number of esters is 1. The Morgan fingerprint density at radius 3 is 1.79 bits per heavy atom. The molecule has 0 spiro atoms. The highest BCUT2D eigenvalue weighted by molar-refractivity contribution is 9.10. The van der Waals surface area contributed by atoms with E-state index in [4.69, 9.17) is 4.74 Å². The van der Waals surface area contributed by atoms with Gasteiger partial charge in [-0.2, -0.15) is 0 Å². The molecule has 3 amide bonds. The first-order chi connectivity index (χ1) is 13.8. The molecule has 0 heterocycles. The van der Waals surface area contributed by atoms with Gasteiger partial charge in [0.15, 0.2) is 6.61 Å². The van der Waals surface area contributed by atoms with Gasteiger partial charge in [0.1, 0.15) is 0 Å². The number of hydrogen-bond acceptors (Lipinski definition) is 5. The summed E-state index contributed by atoms with van der Waals surface area (Å²) in [5.74, 6) is -1.67. The number of carbonyl (C=O) groups is 4. The lowest BCUT2D eigenvalue weighted by Crippen LogP contribution is -2.21. The van der Waals surface area contributed by atoms with Gasteiger partial charge in [-0.05, 0) is 48.5 Å². The second-order valence-corrected chi connectivity index (χ2v) is 6.94. The average molecular weight is 462 g/mol. The lowest BCUT2D eigenvalue weighted by Gasteiger charge is -2.08. The number of benzene rings is 2. The molecule has 0 radical (unpaired) electrons. The molecule has 29 heavy (non-hydrogen) atoms. The Morgan fingerprint density at radius 1 is 0.759 bits per heavy atom. The SMILES string of the molecule is CC(=O)Nc1ccc(NC(=O)CCC(=O)OCC(=O)Nc2ccc(Br)cc2)cc1. The number of carbonyl (C=O) groups excluding carboxylic acids is 4. The van der Waals surface area contributed by atoms with Crippen LogP contribution in [0, 0.1) is 0 Å². The van der Waals surface area contributed by atoms with E-state index in [-0.39, 0.29) is 24.7 Å². The van der Waals surface area contributed by atoms with E-state index in [1.165, 1.54) is 6.92 Å². The van der Waals surface area contributed by atoms with Gasteiger partial charge in [-0.1, -0.05) is 15.9 Å². The molecule has 0 aromatic heterocycles. The number of rotatable bonds is 8. The van der Waals surface area contributed by atoms with Crippen molar-refractivity contribution in [3.05, 3.63) is 53.0 Å². The predicted molar refractivity (Wildman–Crippen MR) is 112 cm³/mol. The number of halogens is 1. The Hall–Kier alpha value is -3.20. The molecule has 0 saturated carbocycles. The first kappa shape index (κ1) is 22.1. The lowest BCUT2D eigenvalue weighted by atomic mass is 10.2. The molecule has 2 aromatic rings. The van der Waals surface area contributed by atoms with Crippen molar-refractivity contribution >= 4 is 56.7 Å². The quantitative estimate of drug-likeness (QED) is 0.521. The van der Waals surface area contributed by atoms with Crippen LogP contribution in [0.25, 0.3) is 0 Å². The van der Waals surface area contributed by atoms with Gasteiger partial charge in [0.2, 0.25) is 11.8 Å². The summed E-state index contributed by atoms with van der Waals surface area (Å²) < 4.78 is 5.75. The van der Waals surface area contributed by atoms with Crippen LogP contribution in [-0.4, -0.2) is 30.3 Å². The van der Waals surface area contributed by atoms with Crippen LogP contribution in [-0.2, 0) is 23.9 Å². The predicted octanol–water partition coefficient (Wildman–Crippen LogP) is 3.31. The minimum absolute atomic E-state index is 0.0827. The Balaban J connectivity index is 1.67. The van der Waals surface area contributed by atoms with E-state index < -0.39 is 18.5 Å². The van der Waals surface area contributed by atoms with Gasteiger partial charge >= 0.3 is 5.97 Å². The summed E-state index contributed by atoms with van der Waals surface area (Å²) in [4.78, 5) is 46.4. The zero-order chi connectivity index (χ0) is 21.2. The van der Waals surface area contributed by atoms with Crippen LogP contribution in [0.3, 0.4) is 0 Å². The van der Waals surface area contributed by atoms with E-state index in [1.54, 1.807) is 48.5 Å². The smallest absolute Gasteiger partial charge is 0.306 e. The second-order valence-electron chi connectivity index (χ2n) is 6.02. The highest BCUT2D eigenvalue weighted by Crippen LogP contribution is 2.15. The summed E-state index contributed by atoms with van der Waals surface area (Å²) in [6.45, 7) is 0.973.